The number of nitriles is 1. The van der Waals surface area contributed by atoms with E-state index >= 15 is 0 Å². The van der Waals surface area contributed by atoms with Gasteiger partial charge in [0.2, 0.25) is 0 Å². The molecule has 0 bridgehead atoms. The summed E-state index contributed by atoms with van der Waals surface area (Å²) < 4.78 is 5.73. The van der Waals surface area contributed by atoms with Gasteiger partial charge in [-0.3, -0.25) is 4.98 Å². The van der Waals surface area contributed by atoms with Crippen LogP contribution in [0.2, 0.25) is 0 Å². The van der Waals surface area contributed by atoms with Crippen LogP contribution in [-0.2, 0) is 0 Å². The van der Waals surface area contributed by atoms with Crippen molar-refractivity contribution < 1.29 is 4.74 Å². The Labute approximate surface area is 102 Å². The summed E-state index contributed by atoms with van der Waals surface area (Å²) in [6, 6.07) is 3.99. The molecule has 0 amide bonds. The molecule has 2 heterocycles. The molecule has 0 spiro atoms. The first kappa shape index (κ1) is 11.7. The van der Waals surface area contributed by atoms with Crippen molar-refractivity contribution in [3.63, 3.8) is 0 Å². The molecule has 0 N–H and O–H groups in total. The molecular weight excluding hydrogens is 214 g/mol. The highest BCUT2D eigenvalue weighted by Crippen LogP contribution is 2.18. The van der Waals surface area contributed by atoms with Gasteiger partial charge in [0, 0.05) is 24.5 Å². The van der Waals surface area contributed by atoms with Crippen LogP contribution in [0.15, 0.2) is 18.3 Å². The van der Waals surface area contributed by atoms with Crippen LogP contribution in [0.3, 0.4) is 0 Å². The Morgan fingerprint density at radius 1 is 1.59 bits per heavy atom. The van der Waals surface area contributed by atoms with Gasteiger partial charge in [0.15, 0.2) is 6.19 Å². The number of aryl methyl sites for hydroxylation is 1. The Morgan fingerprint density at radius 2 is 2.47 bits per heavy atom. The average Bonchev–Trinajstić information content (AvgIpc) is 2.37. The van der Waals surface area contributed by atoms with Crippen molar-refractivity contribution >= 4 is 0 Å². The van der Waals surface area contributed by atoms with E-state index in [0.29, 0.717) is 6.61 Å². The van der Waals surface area contributed by atoms with E-state index in [1.54, 1.807) is 6.20 Å². The van der Waals surface area contributed by atoms with Crippen LogP contribution in [0.5, 0.6) is 5.75 Å². The van der Waals surface area contributed by atoms with Crippen molar-refractivity contribution in [3.05, 3.63) is 24.0 Å². The predicted molar refractivity (Wildman–Crippen MR) is 64.4 cm³/mol. The van der Waals surface area contributed by atoms with Gasteiger partial charge in [-0.1, -0.05) is 0 Å². The van der Waals surface area contributed by atoms with Crippen LogP contribution in [0.1, 0.15) is 25.0 Å². The van der Waals surface area contributed by atoms with Crippen molar-refractivity contribution in [2.75, 3.05) is 13.2 Å². The van der Waals surface area contributed by atoms with Crippen LogP contribution in [0.25, 0.3) is 0 Å². The molecule has 0 saturated carbocycles. The number of nitrogens with zero attached hydrogens (tertiary/aromatic N) is 3. The molecule has 1 aliphatic rings. The van der Waals surface area contributed by atoms with Crippen LogP contribution in [0, 0.1) is 18.4 Å². The third-order valence-electron chi connectivity index (χ3n) is 3.07. The second-order valence-electron chi connectivity index (χ2n) is 4.39. The van der Waals surface area contributed by atoms with Gasteiger partial charge in [0.25, 0.3) is 0 Å². The second-order valence-corrected chi connectivity index (χ2v) is 4.39. The Hall–Kier alpha value is -1.76. The summed E-state index contributed by atoms with van der Waals surface area (Å²) in [4.78, 5) is 5.95. The largest absolute Gasteiger partial charge is 0.491 e. The molecule has 0 aromatic carbocycles. The van der Waals surface area contributed by atoms with E-state index in [4.69, 9.17) is 10.00 Å². The van der Waals surface area contributed by atoms with Crippen molar-refractivity contribution in [2.24, 2.45) is 0 Å². The van der Waals surface area contributed by atoms with Crippen LogP contribution < -0.4 is 4.74 Å². The smallest absolute Gasteiger partial charge is 0.179 e. The fraction of sp³-hybridized carbons (Fsp3) is 0.538. The lowest BCUT2D eigenvalue weighted by atomic mass is 10.0. The number of ether oxygens (including phenoxy) is 1. The van der Waals surface area contributed by atoms with Crippen LogP contribution in [0.4, 0.5) is 0 Å². The number of hydrogen-bond acceptors (Lipinski definition) is 4. The standard InChI is InChI=1S/C13H17N3O/c1-11-8-13(5-6-15-11)17-9-12-4-2-3-7-16(12)10-14/h5-6,8,12H,2-4,7,9H2,1H3. The topological polar surface area (TPSA) is 49.1 Å². The first-order valence-corrected chi connectivity index (χ1v) is 6.01. The summed E-state index contributed by atoms with van der Waals surface area (Å²) in [6.07, 6.45) is 7.32. The maximum absolute atomic E-state index is 9.01. The molecule has 1 saturated heterocycles. The molecule has 1 unspecified atom stereocenters. The lowest BCUT2D eigenvalue weighted by molar-refractivity contribution is 0.150. The van der Waals surface area contributed by atoms with Gasteiger partial charge >= 0.3 is 0 Å². The maximum atomic E-state index is 9.01. The highest BCUT2D eigenvalue weighted by atomic mass is 16.5. The average molecular weight is 231 g/mol. The maximum Gasteiger partial charge on any atom is 0.179 e. The van der Waals surface area contributed by atoms with Crippen molar-refractivity contribution in [3.8, 4) is 11.9 Å². The molecule has 1 aromatic rings. The third-order valence-corrected chi connectivity index (χ3v) is 3.07. The quantitative estimate of drug-likeness (QED) is 0.747. The molecule has 90 valence electrons. The lowest BCUT2D eigenvalue weighted by Gasteiger charge is -2.30. The highest BCUT2D eigenvalue weighted by molar-refractivity contribution is 5.21. The third kappa shape index (κ3) is 3.10. The minimum Gasteiger partial charge on any atom is -0.491 e. The minimum atomic E-state index is 0.224. The predicted octanol–water partition coefficient (Wildman–Crippen LogP) is 2.10. The van der Waals surface area contributed by atoms with E-state index in [2.05, 4.69) is 11.2 Å². The van der Waals surface area contributed by atoms with Crippen LogP contribution in [-0.4, -0.2) is 29.1 Å². The first-order chi connectivity index (χ1) is 8.29. The first-order valence-electron chi connectivity index (χ1n) is 6.01. The molecule has 1 aromatic heterocycles. The Bertz CT molecular complexity index is 413. The van der Waals surface area contributed by atoms with Gasteiger partial charge in [-0.15, -0.1) is 0 Å². The van der Waals surface area contributed by atoms with Crippen molar-refractivity contribution in [2.45, 2.75) is 32.2 Å². The molecule has 4 heteroatoms. The van der Waals surface area contributed by atoms with Gasteiger partial charge in [-0.25, -0.2) is 0 Å². The Balaban J connectivity index is 1.91. The van der Waals surface area contributed by atoms with E-state index in [9.17, 15) is 0 Å². The lowest BCUT2D eigenvalue weighted by Crippen LogP contribution is -2.39. The van der Waals surface area contributed by atoms with E-state index in [-0.39, 0.29) is 6.04 Å². The van der Waals surface area contributed by atoms with Crippen LogP contribution >= 0.6 is 0 Å². The molecule has 1 atom stereocenters. The van der Waals surface area contributed by atoms with Gasteiger partial charge in [0.05, 0.1) is 6.04 Å². The summed E-state index contributed by atoms with van der Waals surface area (Å²) in [6.45, 7) is 3.38. The van der Waals surface area contributed by atoms with E-state index in [1.807, 2.05) is 24.0 Å². The SMILES string of the molecule is Cc1cc(OCC2CCCCN2C#N)ccn1. The van der Waals surface area contributed by atoms with Gasteiger partial charge in [-0.2, -0.15) is 5.26 Å². The van der Waals surface area contributed by atoms with Gasteiger partial charge in [0.1, 0.15) is 12.4 Å². The molecule has 1 fully saturated rings. The Kier molecular flexibility index (Phi) is 3.81. The summed E-state index contributed by atoms with van der Waals surface area (Å²) in [5.74, 6) is 0.834. The zero-order valence-corrected chi connectivity index (χ0v) is 10.1. The number of hydrogen-bond donors (Lipinski definition) is 0. The van der Waals surface area contributed by atoms with Crippen molar-refractivity contribution in [1.29, 1.82) is 5.26 Å². The minimum absolute atomic E-state index is 0.224. The number of likely N-dealkylation sites (tertiary alicyclic amines) is 1. The zero-order valence-electron chi connectivity index (χ0n) is 10.1. The van der Waals surface area contributed by atoms with Gasteiger partial charge < -0.3 is 9.64 Å². The second kappa shape index (κ2) is 5.53. The number of pyridine rings is 1. The molecule has 2 rings (SSSR count). The zero-order chi connectivity index (χ0) is 12.1. The summed E-state index contributed by atoms with van der Waals surface area (Å²) in [5.41, 5.74) is 0.947. The number of piperidine rings is 1. The molecular formula is C13H17N3O. The summed E-state index contributed by atoms with van der Waals surface area (Å²) in [7, 11) is 0. The molecule has 0 aliphatic carbocycles. The molecule has 4 nitrogen and oxygen atoms in total. The Morgan fingerprint density at radius 3 is 3.24 bits per heavy atom. The fourth-order valence-electron chi connectivity index (χ4n) is 2.11. The van der Waals surface area contributed by atoms with E-state index < -0.39 is 0 Å². The fourth-order valence-corrected chi connectivity index (χ4v) is 2.11. The molecule has 0 radical (unpaired) electrons. The van der Waals surface area contributed by atoms with E-state index in [1.165, 1.54) is 6.42 Å². The summed E-state index contributed by atoms with van der Waals surface area (Å²) in [5, 5.41) is 9.01. The van der Waals surface area contributed by atoms with Gasteiger partial charge in [-0.05, 0) is 32.3 Å². The molecule has 1 aliphatic heterocycles. The molecule has 17 heavy (non-hydrogen) atoms. The van der Waals surface area contributed by atoms with Crippen molar-refractivity contribution in [1.82, 2.24) is 9.88 Å². The van der Waals surface area contributed by atoms with E-state index in [0.717, 1.165) is 30.8 Å². The number of aromatic nitrogens is 1. The summed E-state index contributed by atoms with van der Waals surface area (Å²) >= 11 is 0. The normalized spacial score (nSPS) is 19.8. The highest BCUT2D eigenvalue weighted by Gasteiger charge is 2.21. The monoisotopic (exact) mass is 231 g/mol. The number of rotatable bonds is 3.